The number of rotatable bonds is 8. The monoisotopic (exact) mass is 504 g/mol. The quantitative estimate of drug-likeness (QED) is 0.478. The molecular formula is C22H25ClN6O4S. The van der Waals surface area contributed by atoms with Gasteiger partial charge in [0.1, 0.15) is 6.61 Å². The van der Waals surface area contributed by atoms with E-state index in [2.05, 4.69) is 25.6 Å². The molecule has 0 spiro atoms. The highest BCUT2D eigenvalue weighted by Crippen LogP contribution is 2.37. The number of hydrogen-bond donors (Lipinski definition) is 2. The zero-order valence-corrected chi connectivity index (χ0v) is 19.9. The average Bonchev–Trinajstić information content (AvgIpc) is 3.31. The number of sulfonamides is 1. The fraction of sp³-hybridized carbons (Fsp3) is 0.364. The van der Waals surface area contributed by atoms with Crippen LogP contribution in [0.4, 0.5) is 10.5 Å². The lowest BCUT2D eigenvalue weighted by atomic mass is 9.82. The van der Waals surface area contributed by atoms with Crippen LogP contribution >= 0.6 is 11.6 Å². The molecule has 1 amide bonds. The fourth-order valence-corrected chi connectivity index (χ4v) is 5.62. The number of carbonyl (C=O) groups excluding carboxylic acids is 1. The van der Waals surface area contributed by atoms with Gasteiger partial charge in [0.15, 0.2) is 5.82 Å². The minimum Gasteiger partial charge on any atom is -0.447 e. The first kappa shape index (κ1) is 24.1. The summed E-state index contributed by atoms with van der Waals surface area (Å²) in [5.41, 5.74) is -0.392. The molecule has 0 atom stereocenters. The predicted molar refractivity (Wildman–Crippen MR) is 126 cm³/mol. The van der Waals surface area contributed by atoms with Crippen molar-refractivity contribution in [2.45, 2.75) is 49.1 Å². The van der Waals surface area contributed by atoms with Crippen LogP contribution in [-0.2, 0) is 26.8 Å². The first-order chi connectivity index (χ1) is 16.4. The molecular weight excluding hydrogens is 480 g/mol. The molecule has 34 heavy (non-hydrogen) atoms. The Labute approximate surface area is 202 Å². The molecule has 4 rings (SSSR count). The van der Waals surface area contributed by atoms with Crippen LogP contribution in [0.5, 0.6) is 0 Å². The van der Waals surface area contributed by atoms with E-state index in [0.717, 1.165) is 19.3 Å². The number of anilines is 1. The highest BCUT2D eigenvalue weighted by atomic mass is 35.5. The van der Waals surface area contributed by atoms with Gasteiger partial charge in [-0.25, -0.2) is 17.9 Å². The molecule has 1 aromatic heterocycles. The number of tetrazole rings is 1. The van der Waals surface area contributed by atoms with Gasteiger partial charge in [-0.3, -0.25) is 5.32 Å². The van der Waals surface area contributed by atoms with Crippen LogP contribution in [0.25, 0.3) is 0 Å². The topological polar surface area (TPSA) is 128 Å². The number of carbonyl (C=O) groups is 1. The standard InChI is InChI=1S/C22H25ClN6O4S/c23-17-9-11-18(12-10-17)24-21(30)33-16-15-29-20(25-27-28-29)22(13-5-2-6-14-22)26-34(31,32)19-7-3-1-4-8-19/h1,3-4,7-12,26H,2,5-6,13-16H2,(H,24,30). The minimum atomic E-state index is -3.80. The maximum Gasteiger partial charge on any atom is 0.411 e. The summed E-state index contributed by atoms with van der Waals surface area (Å²) in [6.07, 6.45) is 3.18. The van der Waals surface area contributed by atoms with E-state index in [0.29, 0.717) is 29.4 Å². The molecule has 2 N–H and O–H groups in total. The molecule has 1 aliphatic rings. The van der Waals surface area contributed by atoms with Crippen molar-refractivity contribution in [3.05, 3.63) is 65.4 Å². The molecule has 2 aromatic carbocycles. The third kappa shape index (κ3) is 5.72. The summed E-state index contributed by atoms with van der Waals surface area (Å²) in [7, 11) is -3.80. The second-order valence-corrected chi connectivity index (χ2v) is 10.2. The van der Waals surface area contributed by atoms with Crippen molar-refractivity contribution in [3.8, 4) is 0 Å². The predicted octanol–water partition coefficient (Wildman–Crippen LogP) is 3.71. The highest BCUT2D eigenvalue weighted by molar-refractivity contribution is 7.89. The molecule has 10 nitrogen and oxygen atoms in total. The van der Waals surface area contributed by atoms with Gasteiger partial charge in [0, 0.05) is 10.7 Å². The van der Waals surface area contributed by atoms with Gasteiger partial charge in [-0.15, -0.1) is 5.10 Å². The van der Waals surface area contributed by atoms with E-state index < -0.39 is 21.7 Å². The second-order valence-electron chi connectivity index (χ2n) is 8.05. The molecule has 180 valence electrons. The Morgan fingerprint density at radius 1 is 1.06 bits per heavy atom. The van der Waals surface area contributed by atoms with E-state index in [1.54, 1.807) is 54.6 Å². The summed E-state index contributed by atoms with van der Waals surface area (Å²) >= 11 is 5.85. The number of hydrogen-bond acceptors (Lipinski definition) is 7. The second kappa shape index (κ2) is 10.5. The minimum absolute atomic E-state index is 0.00101. The van der Waals surface area contributed by atoms with E-state index in [4.69, 9.17) is 16.3 Å². The molecule has 1 fully saturated rings. The Morgan fingerprint density at radius 3 is 2.47 bits per heavy atom. The first-order valence-corrected chi connectivity index (χ1v) is 12.8. The van der Waals surface area contributed by atoms with Gasteiger partial charge in [0.25, 0.3) is 0 Å². The molecule has 1 heterocycles. The molecule has 0 radical (unpaired) electrons. The molecule has 3 aromatic rings. The van der Waals surface area contributed by atoms with E-state index in [9.17, 15) is 13.2 Å². The summed E-state index contributed by atoms with van der Waals surface area (Å²) in [4.78, 5) is 12.3. The smallest absolute Gasteiger partial charge is 0.411 e. The van der Waals surface area contributed by atoms with Crippen molar-refractivity contribution >= 4 is 33.4 Å². The van der Waals surface area contributed by atoms with E-state index in [1.807, 2.05) is 0 Å². The number of ether oxygens (including phenoxy) is 1. The fourth-order valence-electron chi connectivity index (χ4n) is 4.05. The van der Waals surface area contributed by atoms with Gasteiger partial charge in [-0.2, -0.15) is 4.72 Å². The Morgan fingerprint density at radius 2 is 1.76 bits per heavy atom. The van der Waals surface area contributed by atoms with Gasteiger partial charge in [0.2, 0.25) is 10.0 Å². The Kier molecular flexibility index (Phi) is 7.44. The van der Waals surface area contributed by atoms with Crippen molar-refractivity contribution in [3.63, 3.8) is 0 Å². The number of halogens is 1. The van der Waals surface area contributed by atoms with Crippen molar-refractivity contribution in [2.75, 3.05) is 11.9 Å². The maximum atomic E-state index is 13.1. The number of aromatic nitrogens is 4. The van der Waals surface area contributed by atoms with Gasteiger partial charge >= 0.3 is 6.09 Å². The van der Waals surface area contributed by atoms with E-state index >= 15 is 0 Å². The van der Waals surface area contributed by atoms with Gasteiger partial charge in [0.05, 0.1) is 17.0 Å². The van der Waals surface area contributed by atoms with Crippen molar-refractivity contribution in [1.29, 1.82) is 0 Å². The van der Waals surface area contributed by atoms with Crippen LogP contribution in [0.15, 0.2) is 59.5 Å². The molecule has 1 saturated carbocycles. The summed E-state index contributed by atoms with van der Waals surface area (Å²) in [6.45, 7) is 0.171. The SMILES string of the molecule is O=C(Nc1ccc(Cl)cc1)OCCn1nnnc1C1(NS(=O)(=O)c2ccccc2)CCCCC1. The van der Waals surface area contributed by atoms with Crippen LogP contribution in [-0.4, -0.2) is 41.3 Å². The number of nitrogens with zero attached hydrogens (tertiary/aromatic N) is 4. The molecule has 0 aliphatic heterocycles. The lowest BCUT2D eigenvalue weighted by Crippen LogP contribution is -2.49. The van der Waals surface area contributed by atoms with Crippen molar-refractivity contribution in [2.24, 2.45) is 0 Å². The van der Waals surface area contributed by atoms with Crippen molar-refractivity contribution < 1.29 is 17.9 Å². The Bertz CT molecular complexity index is 1210. The van der Waals surface area contributed by atoms with E-state index in [1.165, 1.54) is 4.68 Å². The average molecular weight is 505 g/mol. The number of nitrogens with one attached hydrogen (secondary N) is 2. The third-order valence-corrected chi connectivity index (χ3v) is 7.48. The summed E-state index contributed by atoms with van der Waals surface area (Å²) in [5.74, 6) is 0.411. The van der Waals surface area contributed by atoms with Crippen LogP contribution in [0.2, 0.25) is 5.02 Å². The van der Waals surface area contributed by atoms with Crippen LogP contribution in [0.3, 0.4) is 0 Å². The summed E-state index contributed by atoms with van der Waals surface area (Å²) < 4.78 is 35.9. The van der Waals surface area contributed by atoms with Gasteiger partial charge in [-0.05, 0) is 59.7 Å². The molecule has 12 heteroatoms. The third-order valence-electron chi connectivity index (χ3n) is 5.68. The Balaban J connectivity index is 1.46. The summed E-state index contributed by atoms with van der Waals surface area (Å²) in [5, 5.41) is 15.1. The first-order valence-electron chi connectivity index (χ1n) is 10.9. The lowest BCUT2D eigenvalue weighted by Gasteiger charge is -2.36. The van der Waals surface area contributed by atoms with Crippen LogP contribution in [0, 0.1) is 0 Å². The molecule has 0 bridgehead atoms. The lowest BCUT2D eigenvalue weighted by molar-refractivity contribution is 0.152. The van der Waals surface area contributed by atoms with Gasteiger partial charge in [-0.1, -0.05) is 49.1 Å². The van der Waals surface area contributed by atoms with Crippen LogP contribution < -0.4 is 10.0 Å². The van der Waals surface area contributed by atoms with Crippen molar-refractivity contribution in [1.82, 2.24) is 24.9 Å². The zero-order valence-electron chi connectivity index (χ0n) is 18.4. The highest BCUT2D eigenvalue weighted by Gasteiger charge is 2.42. The Hall–Kier alpha value is -3.02. The number of amides is 1. The molecule has 0 unspecified atom stereocenters. The summed E-state index contributed by atoms with van der Waals surface area (Å²) in [6, 6.07) is 14.9. The zero-order chi connectivity index (χ0) is 24.0. The van der Waals surface area contributed by atoms with Gasteiger partial charge < -0.3 is 4.74 Å². The maximum absolute atomic E-state index is 13.1. The molecule has 0 saturated heterocycles. The largest absolute Gasteiger partial charge is 0.447 e. The normalized spacial score (nSPS) is 15.6. The van der Waals surface area contributed by atoms with E-state index in [-0.39, 0.29) is 18.0 Å². The number of benzene rings is 2. The molecule has 1 aliphatic carbocycles. The van der Waals surface area contributed by atoms with Crippen LogP contribution in [0.1, 0.15) is 37.9 Å².